The summed E-state index contributed by atoms with van der Waals surface area (Å²) in [7, 11) is 1.85. The van der Waals surface area contributed by atoms with Crippen LogP contribution in [0.2, 0.25) is 0 Å². The molecule has 0 spiro atoms. The SMILES string of the molecule is Cc1cccc(CN(C)C(=O)CC(N)C2CC2)c1. The summed E-state index contributed by atoms with van der Waals surface area (Å²) in [5, 5.41) is 0. The Morgan fingerprint density at radius 1 is 1.50 bits per heavy atom. The smallest absolute Gasteiger partial charge is 0.224 e. The summed E-state index contributed by atoms with van der Waals surface area (Å²) in [5.41, 5.74) is 8.38. The van der Waals surface area contributed by atoms with Crippen LogP contribution in [0.25, 0.3) is 0 Å². The van der Waals surface area contributed by atoms with E-state index in [0.29, 0.717) is 18.9 Å². The molecule has 1 fully saturated rings. The van der Waals surface area contributed by atoms with Gasteiger partial charge in [0.15, 0.2) is 0 Å². The molecule has 1 aliphatic rings. The van der Waals surface area contributed by atoms with Crippen molar-refractivity contribution in [1.29, 1.82) is 0 Å². The Morgan fingerprint density at radius 3 is 2.83 bits per heavy atom. The van der Waals surface area contributed by atoms with E-state index < -0.39 is 0 Å². The first kappa shape index (κ1) is 13.1. The highest BCUT2D eigenvalue weighted by molar-refractivity contribution is 5.76. The van der Waals surface area contributed by atoms with Crippen LogP contribution in [0, 0.1) is 12.8 Å². The molecule has 3 nitrogen and oxygen atoms in total. The molecule has 1 aromatic rings. The summed E-state index contributed by atoms with van der Waals surface area (Å²) in [5.74, 6) is 0.734. The molecule has 0 aromatic heterocycles. The Morgan fingerprint density at radius 2 is 2.22 bits per heavy atom. The van der Waals surface area contributed by atoms with E-state index in [2.05, 4.69) is 25.1 Å². The zero-order chi connectivity index (χ0) is 13.1. The summed E-state index contributed by atoms with van der Waals surface area (Å²) in [4.78, 5) is 13.8. The Balaban J connectivity index is 1.86. The van der Waals surface area contributed by atoms with Gasteiger partial charge in [0, 0.05) is 26.1 Å². The monoisotopic (exact) mass is 246 g/mol. The van der Waals surface area contributed by atoms with E-state index in [0.717, 1.165) is 0 Å². The van der Waals surface area contributed by atoms with Gasteiger partial charge in [-0.15, -0.1) is 0 Å². The molecule has 0 saturated heterocycles. The van der Waals surface area contributed by atoms with Gasteiger partial charge >= 0.3 is 0 Å². The highest BCUT2D eigenvalue weighted by atomic mass is 16.2. The number of benzene rings is 1. The van der Waals surface area contributed by atoms with Gasteiger partial charge in [-0.1, -0.05) is 29.8 Å². The van der Waals surface area contributed by atoms with Gasteiger partial charge in [0.25, 0.3) is 0 Å². The average molecular weight is 246 g/mol. The molecule has 2 N–H and O–H groups in total. The van der Waals surface area contributed by atoms with Crippen LogP contribution in [0.1, 0.15) is 30.4 Å². The van der Waals surface area contributed by atoms with Crippen molar-refractivity contribution >= 4 is 5.91 Å². The number of rotatable bonds is 5. The van der Waals surface area contributed by atoms with Gasteiger partial charge in [-0.25, -0.2) is 0 Å². The van der Waals surface area contributed by atoms with E-state index in [1.807, 2.05) is 13.1 Å². The molecule has 2 rings (SSSR count). The third-order valence-electron chi connectivity index (χ3n) is 3.57. The summed E-state index contributed by atoms with van der Waals surface area (Å²) in [6, 6.07) is 8.31. The topological polar surface area (TPSA) is 46.3 Å². The lowest BCUT2D eigenvalue weighted by atomic mass is 10.1. The molecule has 1 amide bonds. The highest BCUT2D eigenvalue weighted by Crippen LogP contribution is 2.32. The van der Waals surface area contributed by atoms with Crippen LogP contribution in [0.4, 0.5) is 0 Å². The largest absolute Gasteiger partial charge is 0.341 e. The molecular weight excluding hydrogens is 224 g/mol. The number of hydrogen-bond donors (Lipinski definition) is 1. The Labute approximate surface area is 109 Å². The minimum Gasteiger partial charge on any atom is -0.341 e. The van der Waals surface area contributed by atoms with Crippen LogP contribution < -0.4 is 5.73 Å². The summed E-state index contributed by atoms with van der Waals surface area (Å²) in [6.45, 7) is 2.73. The lowest BCUT2D eigenvalue weighted by Crippen LogP contribution is -2.34. The van der Waals surface area contributed by atoms with Crippen molar-refractivity contribution in [3.8, 4) is 0 Å². The van der Waals surface area contributed by atoms with Crippen molar-refractivity contribution < 1.29 is 4.79 Å². The fourth-order valence-electron chi connectivity index (χ4n) is 2.22. The van der Waals surface area contributed by atoms with Crippen molar-refractivity contribution in [2.75, 3.05) is 7.05 Å². The Hall–Kier alpha value is -1.35. The molecule has 1 aliphatic carbocycles. The van der Waals surface area contributed by atoms with E-state index >= 15 is 0 Å². The summed E-state index contributed by atoms with van der Waals surface area (Å²) in [6.07, 6.45) is 2.86. The van der Waals surface area contributed by atoms with Gasteiger partial charge in [0.05, 0.1) is 0 Å². The maximum Gasteiger partial charge on any atom is 0.224 e. The standard InChI is InChI=1S/C15H22N2O/c1-11-4-3-5-12(8-11)10-17(2)15(18)9-14(16)13-6-7-13/h3-5,8,13-14H,6-7,9-10,16H2,1-2H3. The van der Waals surface area contributed by atoms with Crippen molar-refractivity contribution in [2.45, 2.75) is 38.8 Å². The van der Waals surface area contributed by atoms with Crippen molar-refractivity contribution in [1.82, 2.24) is 4.90 Å². The predicted octanol–water partition coefficient (Wildman–Crippen LogP) is 2.08. The summed E-state index contributed by atoms with van der Waals surface area (Å²) >= 11 is 0. The van der Waals surface area contributed by atoms with Gasteiger partial charge in [-0.2, -0.15) is 0 Å². The number of carbonyl (C=O) groups excluding carboxylic acids is 1. The van der Waals surface area contributed by atoms with Gasteiger partial charge in [-0.05, 0) is 31.2 Å². The van der Waals surface area contributed by atoms with Gasteiger partial charge in [-0.3, -0.25) is 4.79 Å². The molecule has 1 saturated carbocycles. The molecule has 98 valence electrons. The molecule has 1 unspecified atom stereocenters. The Kier molecular flexibility index (Phi) is 4.02. The van der Waals surface area contributed by atoms with Crippen LogP contribution >= 0.6 is 0 Å². The number of amides is 1. The Bertz CT molecular complexity index is 426. The maximum atomic E-state index is 12.0. The maximum absolute atomic E-state index is 12.0. The third kappa shape index (κ3) is 3.57. The quantitative estimate of drug-likeness (QED) is 0.864. The second-order valence-electron chi connectivity index (χ2n) is 5.44. The third-order valence-corrected chi connectivity index (χ3v) is 3.57. The van der Waals surface area contributed by atoms with E-state index in [-0.39, 0.29) is 11.9 Å². The molecular formula is C15H22N2O. The van der Waals surface area contributed by atoms with E-state index in [9.17, 15) is 4.79 Å². The molecule has 0 bridgehead atoms. The number of hydrogen-bond acceptors (Lipinski definition) is 2. The van der Waals surface area contributed by atoms with E-state index in [1.165, 1.54) is 24.0 Å². The minimum absolute atomic E-state index is 0.0532. The minimum atomic E-state index is 0.0532. The number of carbonyl (C=O) groups is 1. The second kappa shape index (κ2) is 5.53. The van der Waals surface area contributed by atoms with E-state index in [1.54, 1.807) is 4.90 Å². The van der Waals surface area contributed by atoms with Crippen molar-refractivity contribution in [2.24, 2.45) is 11.7 Å². The van der Waals surface area contributed by atoms with E-state index in [4.69, 9.17) is 5.73 Å². The average Bonchev–Trinajstić information content (AvgIpc) is 3.12. The molecule has 0 heterocycles. The van der Waals surface area contributed by atoms with Crippen LogP contribution in [0.15, 0.2) is 24.3 Å². The van der Waals surface area contributed by atoms with Gasteiger partial charge in [0.2, 0.25) is 5.91 Å². The highest BCUT2D eigenvalue weighted by Gasteiger charge is 2.30. The van der Waals surface area contributed by atoms with Crippen molar-refractivity contribution in [3.05, 3.63) is 35.4 Å². The first-order valence-corrected chi connectivity index (χ1v) is 6.61. The van der Waals surface area contributed by atoms with Crippen LogP contribution in [-0.2, 0) is 11.3 Å². The number of aryl methyl sites for hydroxylation is 1. The second-order valence-corrected chi connectivity index (χ2v) is 5.44. The molecule has 3 heteroatoms. The van der Waals surface area contributed by atoms with Gasteiger partial charge < -0.3 is 10.6 Å². The van der Waals surface area contributed by atoms with Crippen molar-refractivity contribution in [3.63, 3.8) is 0 Å². The van der Waals surface area contributed by atoms with Crippen LogP contribution in [0.3, 0.4) is 0 Å². The molecule has 1 atom stereocenters. The zero-order valence-electron chi connectivity index (χ0n) is 11.2. The number of nitrogens with zero attached hydrogens (tertiary/aromatic N) is 1. The predicted molar refractivity (Wildman–Crippen MR) is 73.0 cm³/mol. The lowest BCUT2D eigenvalue weighted by Gasteiger charge is -2.19. The first-order chi connectivity index (χ1) is 8.56. The van der Waals surface area contributed by atoms with Gasteiger partial charge in [0.1, 0.15) is 0 Å². The molecule has 1 aromatic carbocycles. The first-order valence-electron chi connectivity index (χ1n) is 6.61. The molecule has 0 radical (unpaired) electrons. The fourth-order valence-corrected chi connectivity index (χ4v) is 2.22. The van der Waals surface area contributed by atoms with Crippen LogP contribution in [-0.4, -0.2) is 23.9 Å². The lowest BCUT2D eigenvalue weighted by molar-refractivity contribution is -0.130. The summed E-state index contributed by atoms with van der Waals surface area (Å²) < 4.78 is 0. The molecule has 18 heavy (non-hydrogen) atoms. The fraction of sp³-hybridized carbons (Fsp3) is 0.533. The normalized spacial score (nSPS) is 16.4. The van der Waals surface area contributed by atoms with Crippen LogP contribution in [0.5, 0.6) is 0 Å². The number of nitrogens with two attached hydrogens (primary N) is 1. The molecule has 0 aliphatic heterocycles. The zero-order valence-corrected chi connectivity index (χ0v) is 11.2.